The fourth-order valence-electron chi connectivity index (χ4n) is 8.68. The third-order valence-corrected chi connectivity index (χ3v) is 11.8. The molecule has 0 amide bonds. The first kappa shape index (κ1) is 34.6. The lowest BCUT2D eigenvalue weighted by molar-refractivity contribution is 0.360. The lowest BCUT2D eigenvalue weighted by Gasteiger charge is -2.43. The minimum atomic E-state index is -0.160. The van der Waals surface area contributed by atoms with Gasteiger partial charge in [0.1, 0.15) is 5.58 Å². The molecule has 0 spiro atoms. The van der Waals surface area contributed by atoms with Crippen molar-refractivity contribution >= 4 is 68.4 Å². The van der Waals surface area contributed by atoms with Crippen LogP contribution >= 0.6 is 0 Å². The van der Waals surface area contributed by atoms with Crippen LogP contribution in [0.5, 0.6) is 23.0 Å². The van der Waals surface area contributed by atoms with Crippen LogP contribution in [0.3, 0.4) is 0 Å². The Morgan fingerprint density at radius 3 is 1.55 bits per heavy atom. The highest BCUT2D eigenvalue weighted by atomic mass is 16.6. The van der Waals surface area contributed by atoms with Crippen molar-refractivity contribution in [2.24, 2.45) is 0 Å². The van der Waals surface area contributed by atoms with Gasteiger partial charge in [0.2, 0.25) is 0 Å². The molecular weight excluding hydrogens is 687 g/mol. The van der Waals surface area contributed by atoms with Crippen LogP contribution in [0.15, 0.2) is 126 Å². The first-order valence-corrected chi connectivity index (χ1v) is 19.8. The van der Waals surface area contributed by atoms with Crippen molar-refractivity contribution in [2.45, 2.75) is 78.6 Å². The Labute approximate surface area is 330 Å². The molecule has 3 aliphatic rings. The minimum absolute atomic E-state index is 0.0230. The summed E-state index contributed by atoms with van der Waals surface area (Å²) in [6.45, 7) is 20.3. The summed E-state index contributed by atoms with van der Waals surface area (Å²) >= 11 is 0. The summed E-state index contributed by atoms with van der Waals surface area (Å²) in [6, 6.07) is 43.9. The van der Waals surface area contributed by atoms with Crippen molar-refractivity contribution in [1.82, 2.24) is 0 Å². The lowest BCUT2D eigenvalue weighted by Crippen LogP contribution is -2.61. The molecule has 0 radical (unpaired) electrons. The molecule has 3 aliphatic heterocycles. The molecule has 0 saturated heterocycles. The summed E-state index contributed by atoms with van der Waals surface area (Å²) in [6.07, 6.45) is 0. The Balaban J connectivity index is 1.26. The summed E-state index contributed by atoms with van der Waals surface area (Å²) in [5.74, 6) is 2.71. The molecule has 1 aromatic heterocycles. The van der Waals surface area contributed by atoms with Gasteiger partial charge in [-0.1, -0.05) is 117 Å². The van der Waals surface area contributed by atoms with Crippen molar-refractivity contribution in [3.05, 3.63) is 138 Å². The van der Waals surface area contributed by atoms with Crippen LogP contribution in [-0.4, -0.2) is 6.71 Å². The highest BCUT2D eigenvalue weighted by Crippen LogP contribution is 2.51. The third-order valence-electron chi connectivity index (χ3n) is 11.8. The van der Waals surface area contributed by atoms with E-state index in [2.05, 4.69) is 163 Å². The Hall–Kier alpha value is -5.88. The minimum Gasteiger partial charge on any atom is -0.468 e. The second-order valence-electron chi connectivity index (χ2n) is 18.7. The molecule has 5 nitrogen and oxygen atoms in total. The fourth-order valence-corrected chi connectivity index (χ4v) is 8.68. The number of hydrogen-bond donors (Lipinski definition) is 0. The van der Waals surface area contributed by atoms with Gasteiger partial charge in [0.15, 0.2) is 23.0 Å². The number of hydrogen-bond acceptors (Lipinski definition) is 5. The van der Waals surface area contributed by atoms with Gasteiger partial charge in [-0.3, -0.25) is 0 Å². The van der Waals surface area contributed by atoms with Gasteiger partial charge in [0.05, 0.1) is 11.3 Å². The number of para-hydroxylation sites is 2. The van der Waals surface area contributed by atoms with Gasteiger partial charge in [-0.2, -0.15) is 0 Å². The average molecular weight is 735 g/mol. The summed E-state index contributed by atoms with van der Waals surface area (Å²) in [7, 11) is 0. The predicted octanol–water partition coefficient (Wildman–Crippen LogP) is 12.3. The van der Waals surface area contributed by atoms with E-state index in [1.54, 1.807) is 0 Å². The van der Waals surface area contributed by atoms with Crippen molar-refractivity contribution in [3.63, 3.8) is 0 Å². The maximum absolute atomic E-state index is 7.20. The highest BCUT2D eigenvalue weighted by Gasteiger charge is 2.47. The molecule has 6 aromatic carbocycles. The molecule has 4 heterocycles. The summed E-state index contributed by atoms with van der Waals surface area (Å²) in [5.41, 5.74) is 14.7. The van der Waals surface area contributed by atoms with Crippen LogP contribution in [0, 0.1) is 0 Å². The molecule has 10 rings (SSSR count). The van der Waals surface area contributed by atoms with Crippen molar-refractivity contribution in [2.75, 3.05) is 9.80 Å². The standard InChI is InChI=1S/C50H47BN2O3/c1-48(2,3)30-17-22-33(23-18-30)52-37-26-21-32(50(7,8)9)27-36(37)51-45-38(52)13-12-14-39(45)53(34-24-19-31(20-25-34)49(4,5)6)46-35-28-43-44(29-42(35)56-47(46)51)55-41-16-11-10-15-40(41)54-43/h10-29H,1-9H3. The van der Waals surface area contributed by atoms with E-state index in [4.69, 9.17) is 13.9 Å². The molecule has 278 valence electrons. The van der Waals surface area contributed by atoms with Crippen molar-refractivity contribution in [1.29, 1.82) is 0 Å². The average Bonchev–Trinajstić information content (AvgIpc) is 3.52. The number of ether oxygens (including phenoxy) is 2. The number of rotatable bonds is 2. The molecule has 0 bridgehead atoms. The summed E-state index contributed by atoms with van der Waals surface area (Å²) in [5, 5.41) is 0.978. The fraction of sp³-hybridized carbons (Fsp3) is 0.240. The predicted molar refractivity (Wildman–Crippen MR) is 233 cm³/mol. The van der Waals surface area contributed by atoms with Crippen LogP contribution in [0.1, 0.15) is 79.0 Å². The molecule has 0 unspecified atom stereocenters. The van der Waals surface area contributed by atoms with Gasteiger partial charge < -0.3 is 23.7 Å². The van der Waals surface area contributed by atoms with Gasteiger partial charge >= 0.3 is 0 Å². The SMILES string of the molecule is CC(C)(C)c1ccc(N2c3ccc(C(C)(C)C)cc3B3c4oc5cc6c(cc5c4N(c4ccc(C(C)(C)C)cc4)c4cccc2c43)Oc2ccccc2O6)cc1. The normalized spacial score (nSPS) is 14.3. The maximum atomic E-state index is 7.20. The van der Waals surface area contributed by atoms with Gasteiger partial charge in [-0.25, -0.2) is 0 Å². The van der Waals surface area contributed by atoms with Crippen molar-refractivity contribution < 1.29 is 13.9 Å². The van der Waals surface area contributed by atoms with E-state index in [-0.39, 0.29) is 23.0 Å². The zero-order valence-electron chi connectivity index (χ0n) is 33.7. The molecule has 0 atom stereocenters. The van der Waals surface area contributed by atoms with E-state index < -0.39 is 0 Å². The second-order valence-corrected chi connectivity index (χ2v) is 18.7. The Morgan fingerprint density at radius 1 is 0.464 bits per heavy atom. The maximum Gasteiger partial charge on any atom is 0.297 e. The number of furan rings is 1. The smallest absolute Gasteiger partial charge is 0.297 e. The van der Waals surface area contributed by atoms with Crippen LogP contribution in [0.25, 0.3) is 11.0 Å². The highest BCUT2D eigenvalue weighted by molar-refractivity contribution is 7.00. The van der Waals surface area contributed by atoms with Crippen LogP contribution < -0.4 is 35.9 Å². The summed E-state index contributed by atoms with van der Waals surface area (Å²) in [4.78, 5) is 4.86. The number of benzene rings is 6. The molecule has 0 aliphatic carbocycles. The molecule has 7 aromatic rings. The van der Waals surface area contributed by atoms with Gasteiger partial charge in [0.25, 0.3) is 6.71 Å². The summed E-state index contributed by atoms with van der Waals surface area (Å²) < 4.78 is 20.1. The van der Waals surface area contributed by atoms with Crippen LogP contribution in [0.2, 0.25) is 0 Å². The first-order chi connectivity index (χ1) is 26.6. The Bertz CT molecular complexity index is 2710. The topological polar surface area (TPSA) is 38.1 Å². The zero-order chi connectivity index (χ0) is 38.9. The quantitative estimate of drug-likeness (QED) is 0.165. The second kappa shape index (κ2) is 11.8. The molecule has 0 fully saturated rings. The molecule has 0 N–H and O–H groups in total. The Kier molecular flexibility index (Phi) is 7.30. The third kappa shape index (κ3) is 5.29. The van der Waals surface area contributed by atoms with E-state index in [1.165, 1.54) is 27.6 Å². The lowest BCUT2D eigenvalue weighted by atomic mass is 9.35. The van der Waals surface area contributed by atoms with Gasteiger partial charge in [-0.05, 0) is 105 Å². The molecular formula is C50H47BN2O3. The van der Waals surface area contributed by atoms with E-state index in [0.29, 0.717) is 23.0 Å². The molecule has 56 heavy (non-hydrogen) atoms. The van der Waals surface area contributed by atoms with Gasteiger partial charge in [0, 0.05) is 39.9 Å². The zero-order valence-corrected chi connectivity index (χ0v) is 33.7. The molecule has 0 saturated carbocycles. The number of fused-ring (bicyclic) bond motifs is 8. The van der Waals surface area contributed by atoms with E-state index in [0.717, 1.165) is 50.8 Å². The number of nitrogens with zero attached hydrogens (tertiary/aromatic N) is 2. The van der Waals surface area contributed by atoms with Crippen molar-refractivity contribution in [3.8, 4) is 23.0 Å². The number of anilines is 6. The van der Waals surface area contributed by atoms with E-state index >= 15 is 0 Å². The first-order valence-electron chi connectivity index (χ1n) is 19.8. The molecule has 6 heteroatoms. The van der Waals surface area contributed by atoms with Crippen LogP contribution in [0.4, 0.5) is 34.1 Å². The van der Waals surface area contributed by atoms with E-state index in [9.17, 15) is 0 Å². The largest absolute Gasteiger partial charge is 0.468 e. The monoisotopic (exact) mass is 734 g/mol. The Morgan fingerprint density at radius 2 is 0.982 bits per heavy atom. The van der Waals surface area contributed by atoms with E-state index in [1.807, 2.05) is 30.3 Å². The van der Waals surface area contributed by atoms with Gasteiger partial charge in [-0.15, -0.1) is 0 Å². The van der Waals surface area contributed by atoms with Crippen LogP contribution in [-0.2, 0) is 16.2 Å².